The van der Waals surface area contributed by atoms with Crippen molar-refractivity contribution in [2.45, 2.75) is 22.2 Å². The van der Waals surface area contributed by atoms with Crippen LogP contribution in [-0.2, 0) is 19.7 Å². The van der Waals surface area contributed by atoms with Crippen LogP contribution in [0.1, 0.15) is 6.92 Å². The van der Waals surface area contributed by atoms with Gasteiger partial charge in [-0.15, -0.1) is 0 Å². The van der Waals surface area contributed by atoms with E-state index < -0.39 is 35.8 Å². The van der Waals surface area contributed by atoms with E-state index in [0.717, 1.165) is 16.8 Å². The molecule has 6 nitrogen and oxygen atoms in total. The van der Waals surface area contributed by atoms with Crippen molar-refractivity contribution in [3.8, 4) is 11.4 Å². The minimum absolute atomic E-state index is 0.124. The Balaban J connectivity index is 2.66. The largest absolute Gasteiger partial charge is 0.502 e. The minimum Gasteiger partial charge on any atom is -0.502 e. The van der Waals surface area contributed by atoms with Crippen LogP contribution in [-0.4, -0.2) is 33.2 Å². The van der Waals surface area contributed by atoms with Gasteiger partial charge in [-0.25, -0.2) is 16.8 Å². The Morgan fingerprint density at radius 3 is 2.28 bits per heavy atom. The highest BCUT2D eigenvalue weighted by atomic mass is 32.2. The van der Waals surface area contributed by atoms with Crippen molar-refractivity contribution in [2.75, 3.05) is 5.75 Å². The third-order valence-corrected chi connectivity index (χ3v) is 6.56. The quantitative estimate of drug-likeness (QED) is 0.795. The highest BCUT2D eigenvalue weighted by molar-refractivity contribution is 7.92. The number of phenols is 1. The van der Waals surface area contributed by atoms with E-state index in [1.807, 2.05) is 0 Å². The lowest BCUT2D eigenvalue weighted by atomic mass is 10.3. The Hall–Kier alpha value is -2.14. The number of aromatic hydroxyl groups is 1. The molecule has 0 bridgehead atoms. The first-order valence-electron chi connectivity index (χ1n) is 6.79. The molecule has 0 unspecified atom stereocenters. The maximum Gasteiger partial charge on any atom is 0.501 e. The Kier molecular flexibility index (Phi) is 4.83. The van der Waals surface area contributed by atoms with Crippen molar-refractivity contribution < 1.29 is 39.7 Å². The zero-order chi connectivity index (χ0) is 19.0. The maximum absolute atomic E-state index is 12.7. The number of pyridine rings is 1. The average molecular weight is 396 g/mol. The van der Waals surface area contributed by atoms with Crippen molar-refractivity contribution in [3.63, 3.8) is 0 Å². The van der Waals surface area contributed by atoms with Crippen molar-refractivity contribution in [1.29, 1.82) is 0 Å². The van der Waals surface area contributed by atoms with Gasteiger partial charge in [-0.1, -0.05) is 6.92 Å². The number of phenolic OH excluding ortho intramolecular Hbond substituents is 1. The van der Waals surface area contributed by atoms with Crippen LogP contribution in [0.5, 0.6) is 5.75 Å². The summed E-state index contributed by atoms with van der Waals surface area (Å²) in [5.74, 6) is -0.719. The van der Waals surface area contributed by atoms with Gasteiger partial charge in [0, 0.05) is 12.1 Å². The van der Waals surface area contributed by atoms with Crippen LogP contribution in [0.2, 0.25) is 0 Å². The Bertz CT molecular complexity index is 1020. The van der Waals surface area contributed by atoms with E-state index in [-0.39, 0.29) is 16.3 Å². The second-order valence-electron chi connectivity index (χ2n) is 4.95. The molecule has 0 atom stereocenters. The summed E-state index contributed by atoms with van der Waals surface area (Å²) < 4.78 is 85.9. The van der Waals surface area contributed by atoms with Gasteiger partial charge in [0.25, 0.3) is 15.5 Å². The molecule has 0 aliphatic carbocycles. The Morgan fingerprint density at radius 2 is 1.72 bits per heavy atom. The summed E-state index contributed by atoms with van der Waals surface area (Å²) in [6.45, 7) is 1.42. The third kappa shape index (κ3) is 3.61. The van der Waals surface area contributed by atoms with Crippen molar-refractivity contribution >= 4 is 19.7 Å². The van der Waals surface area contributed by atoms with Gasteiger partial charge in [-0.05, 0) is 18.2 Å². The minimum atomic E-state index is -5.61. The number of hydrogen-bond donors (Lipinski definition) is 1. The molecular weight excluding hydrogens is 383 g/mol. The zero-order valence-electron chi connectivity index (χ0n) is 12.7. The molecule has 11 heteroatoms. The van der Waals surface area contributed by atoms with Gasteiger partial charge in [-0.2, -0.15) is 17.7 Å². The first-order valence-corrected chi connectivity index (χ1v) is 9.92. The molecule has 0 fully saturated rings. The van der Waals surface area contributed by atoms with Gasteiger partial charge in [0.1, 0.15) is 4.90 Å². The van der Waals surface area contributed by atoms with E-state index in [1.165, 1.54) is 25.3 Å². The van der Waals surface area contributed by atoms with Crippen LogP contribution in [0, 0.1) is 0 Å². The number of nitrogens with zero attached hydrogens (tertiary/aromatic N) is 1. The van der Waals surface area contributed by atoms with Crippen molar-refractivity contribution in [1.82, 2.24) is 0 Å². The van der Waals surface area contributed by atoms with Gasteiger partial charge < -0.3 is 5.11 Å². The topological polar surface area (TPSA) is 92.4 Å². The standard InChI is InChI=1S/C14H12F3NO5S2/c1-2-24(20,21)11-4-3-7-18(9-11)12-8-10(5-6-13(12)19)25(22,23)14(15,16)17/h3-9H,2H2,1H3/p+1. The summed E-state index contributed by atoms with van der Waals surface area (Å²) >= 11 is 0. The summed E-state index contributed by atoms with van der Waals surface area (Å²) in [6, 6.07) is 4.63. The van der Waals surface area contributed by atoms with Crippen molar-refractivity contribution in [3.05, 3.63) is 42.7 Å². The second-order valence-corrected chi connectivity index (χ2v) is 9.17. The second kappa shape index (κ2) is 6.30. The summed E-state index contributed by atoms with van der Waals surface area (Å²) in [5.41, 5.74) is -5.81. The first kappa shape index (κ1) is 19.2. The smallest absolute Gasteiger partial charge is 0.501 e. The fraction of sp³-hybridized carbons (Fsp3) is 0.214. The predicted octanol–water partition coefficient (Wildman–Crippen LogP) is 1.76. The molecule has 0 saturated carbocycles. The maximum atomic E-state index is 12.7. The number of alkyl halides is 3. The van der Waals surface area contributed by atoms with Crippen LogP contribution in [0.25, 0.3) is 5.69 Å². The molecule has 2 rings (SSSR count). The third-order valence-electron chi connectivity index (χ3n) is 3.35. The van der Waals surface area contributed by atoms with E-state index in [2.05, 4.69) is 0 Å². The number of sulfone groups is 2. The van der Waals surface area contributed by atoms with Crippen LogP contribution in [0.3, 0.4) is 0 Å². The summed E-state index contributed by atoms with van der Waals surface area (Å²) in [4.78, 5) is -1.19. The molecule has 1 aromatic heterocycles. The molecule has 0 saturated heterocycles. The number of benzene rings is 1. The van der Waals surface area contributed by atoms with Crippen LogP contribution in [0.4, 0.5) is 13.2 Å². The van der Waals surface area contributed by atoms with E-state index in [0.29, 0.717) is 12.1 Å². The molecule has 1 heterocycles. The number of halogens is 3. The Morgan fingerprint density at radius 1 is 1.08 bits per heavy atom. The molecule has 0 amide bonds. The van der Waals surface area contributed by atoms with Gasteiger partial charge in [0.15, 0.2) is 28.0 Å². The number of hydrogen-bond acceptors (Lipinski definition) is 5. The molecule has 1 aromatic carbocycles. The van der Waals surface area contributed by atoms with Crippen LogP contribution in [0.15, 0.2) is 52.5 Å². The zero-order valence-corrected chi connectivity index (χ0v) is 14.4. The molecule has 1 N–H and O–H groups in total. The summed E-state index contributed by atoms with van der Waals surface area (Å²) in [5, 5.41) is 9.86. The molecule has 2 aromatic rings. The van der Waals surface area contributed by atoms with Gasteiger partial charge in [0.05, 0.1) is 10.6 Å². The van der Waals surface area contributed by atoms with E-state index in [4.69, 9.17) is 0 Å². The predicted molar refractivity (Wildman–Crippen MR) is 80.6 cm³/mol. The molecule has 0 aliphatic rings. The molecular formula is C14H13F3NO5S2+. The molecule has 0 radical (unpaired) electrons. The highest BCUT2D eigenvalue weighted by Crippen LogP contribution is 2.32. The first-order chi connectivity index (χ1) is 11.4. The fourth-order valence-electron chi connectivity index (χ4n) is 1.97. The Labute approximate surface area is 142 Å². The number of rotatable bonds is 4. The SMILES string of the molecule is CCS(=O)(=O)c1ccc[n+](-c2cc(S(=O)(=O)C(F)(F)F)ccc2O)c1. The summed E-state index contributed by atoms with van der Waals surface area (Å²) in [6.07, 6.45) is 2.35. The van der Waals surface area contributed by atoms with E-state index >= 15 is 0 Å². The van der Waals surface area contributed by atoms with Crippen molar-refractivity contribution in [2.24, 2.45) is 0 Å². The number of aromatic nitrogens is 1. The molecule has 136 valence electrons. The average Bonchev–Trinajstić information content (AvgIpc) is 2.54. The van der Waals surface area contributed by atoms with Crippen LogP contribution >= 0.6 is 0 Å². The fourth-order valence-corrected chi connectivity index (χ4v) is 3.64. The summed E-state index contributed by atoms with van der Waals surface area (Å²) in [7, 11) is -9.21. The lowest BCUT2D eigenvalue weighted by Crippen LogP contribution is -2.32. The van der Waals surface area contributed by atoms with E-state index in [9.17, 15) is 35.1 Å². The van der Waals surface area contributed by atoms with Gasteiger partial charge >= 0.3 is 5.51 Å². The van der Waals surface area contributed by atoms with Gasteiger partial charge in [-0.3, -0.25) is 0 Å². The lowest BCUT2D eigenvalue weighted by molar-refractivity contribution is -0.598. The monoisotopic (exact) mass is 396 g/mol. The highest BCUT2D eigenvalue weighted by Gasteiger charge is 2.47. The lowest BCUT2D eigenvalue weighted by Gasteiger charge is -2.09. The van der Waals surface area contributed by atoms with Gasteiger partial charge in [0.2, 0.25) is 0 Å². The van der Waals surface area contributed by atoms with Crippen LogP contribution < -0.4 is 4.57 Å². The molecule has 0 aliphatic heterocycles. The normalized spacial score (nSPS) is 13.0. The molecule has 0 spiro atoms. The molecule has 25 heavy (non-hydrogen) atoms. The van der Waals surface area contributed by atoms with E-state index in [1.54, 1.807) is 0 Å².